The summed E-state index contributed by atoms with van der Waals surface area (Å²) in [4.78, 5) is 12.7. The highest BCUT2D eigenvalue weighted by molar-refractivity contribution is 5.95. The van der Waals surface area contributed by atoms with Crippen molar-refractivity contribution in [1.82, 2.24) is 0 Å². The summed E-state index contributed by atoms with van der Waals surface area (Å²) in [6.07, 6.45) is -7.50. The van der Waals surface area contributed by atoms with Crippen molar-refractivity contribution in [3.8, 4) is 23.0 Å². The van der Waals surface area contributed by atoms with Gasteiger partial charge in [0.25, 0.3) is 0 Å². The maximum Gasteiger partial charge on any atom is 0.346 e. The first-order chi connectivity index (χ1) is 15.8. The standard InChI is InChI=1S/C22H26O11/c1-29-14-7-4-8-15(30-2)17(14)21(28)31-10-11-12(24)5-3-6-13(11)32-22-20(27)19(26)18(25)16(9-23)33-22/h3-8,16,18-20,22-27H,9-10H2,1-2H3/t16-,18-,19+,20-,22+/m1/s1. The van der Waals surface area contributed by atoms with Crippen molar-refractivity contribution in [2.24, 2.45) is 0 Å². The third kappa shape index (κ3) is 5.13. The van der Waals surface area contributed by atoms with Crippen LogP contribution in [0.4, 0.5) is 0 Å². The van der Waals surface area contributed by atoms with Gasteiger partial charge in [0.2, 0.25) is 6.29 Å². The number of carbonyl (C=O) groups excluding carboxylic acids is 1. The molecule has 33 heavy (non-hydrogen) atoms. The van der Waals surface area contributed by atoms with E-state index >= 15 is 0 Å². The van der Waals surface area contributed by atoms with Gasteiger partial charge in [0.1, 0.15) is 59.6 Å². The second-order valence-electron chi connectivity index (χ2n) is 7.18. The van der Waals surface area contributed by atoms with Crippen molar-refractivity contribution in [2.45, 2.75) is 37.3 Å². The number of phenolic OH excluding ortho intramolecular Hbond substituents is 1. The minimum Gasteiger partial charge on any atom is -0.507 e. The maximum absolute atomic E-state index is 12.7. The number of aliphatic hydroxyl groups is 4. The summed E-state index contributed by atoms with van der Waals surface area (Å²) in [5.41, 5.74) is 0.103. The van der Waals surface area contributed by atoms with E-state index in [-0.39, 0.29) is 34.1 Å². The second-order valence-corrected chi connectivity index (χ2v) is 7.18. The van der Waals surface area contributed by atoms with Crippen molar-refractivity contribution in [2.75, 3.05) is 20.8 Å². The molecule has 11 heteroatoms. The van der Waals surface area contributed by atoms with Crippen molar-refractivity contribution < 1.29 is 54.0 Å². The lowest BCUT2D eigenvalue weighted by atomic mass is 9.99. The van der Waals surface area contributed by atoms with Crippen molar-refractivity contribution >= 4 is 5.97 Å². The van der Waals surface area contributed by atoms with Gasteiger partial charge in [0.15, 0.2) is 0 Å². The van der Waals surface area contributed by atoms with Gasteiger partial charge < -0.3 is 49.2 Å². The molecule has 1 saturated heterocycles. The molecule has 1 aliphatic rings. The molecule has 11 nitrogen and oxygen atoms in total. The molecule has 0 saturated carbocycles. The Morgan fingerprint density at radius 1 is 0.939 bits per heavy atom. The molecule has 0 aromatic heterocycles. The van der Waals surface area contributed by atoms with Gasteiger partial charge in [0, 0.05) is 0 Å². The summed E-state index contributed by atoms with van der Waals surface area (Å²) < 4.78 is 26.7. The molecule has 0 spiro atoms. The lowest BCUT2D eigenvalue weighted by Gasteiger charge is -2.39. The van der Waals surface area contributed by atoms with Crippen LogP contribution in [0.5, 0.6) is 23.0 Å². The smallest absolute Gasteiger partial charge is 0.346 e. The zero-order chi connectivity index (χ0) is 24.1. The van der Waals surface area contributed by atoms with Crippen LogP contribution < -0.4 is 14.2 Å². The molecule has 5 atom stereocenters. The third-order valence-electron chi connectivity index (χ3n) is 5.18. The summed E-state index contributed by atoms with van der Waals surface area (Å²) >= 11 is 0. The summed E-state index contributed by atoms with van der Waals surface area (Å²) in [5, 5.41) is 49.7. The summed E-state index contributed by atoms with van der Waals surface area (Å²) in [7, 11) is 2.78. The van der Waals surface area contributed by atoms with Crippen LogP contribution >= 0.6 is 0 Å². The Bertz CT molecular complexity index is 939. The maximum atomic E-state index is 12.7. The highest BCUT2D eigenvalue weighted by atomic mass is 16.7. The molecule has 2 aromatic rings. The van der Waals surface area contributed by atoms with Gasteiger partial charge >= 0.3 is 5.97 Å². The average Bonchev–Trinajstić information content (AvgIpc) is 2.83. The number of carbonyl (C=O) groups is 1. The van der Waals surface area contributed by atoms with E-state index < -0.39 is 49.9 Å². The Hall–Kier alpha value is -3.09. The van der Waals surface area contributed by atoms with Crippen LogP contribution in [0, 0.1) is 0 Å². The first-order valence-electron chi connectivity index (χ1n) is 9.98. The number of aromatic hydroxyl groups is 1. The Labute approximate surface area is 189 Å². The third-order valence-corrected chi connectivity index (χ3v) is 5.18. The minimum absolute atomic E-state index is 0.0147. The van der Waals surface area contributed by atoms with Crippen LogP contribution in [0.15, 0.2) is 36.4 Å². The molecule has 1 fully saturated rings. The lowest BCUT2D eigenvalue weighted by Crippen LogP contribution is -2.60. The Kier molecular flexibility index (Phi) is 7.95. The number of benzene rings is 2. The molecule has 2 aromatic carbocycles. The number of phenols is 1. The fourth-order valence-corrected chi connectivity index (χ4v) is 3.36. The van der Waals surface area contributed by atoms with Gasteiger partial charge in [0.05, 0.1) is 26.4 Å². The number of ether oxygens (including phenoxy) is 5. The normalized spacial score (nSPS) is 24.7. The first-order valence-corrected chi connectivity index (χ1v) is 9.98. The molecular formula is C22H26O11. The molecule has 0 radical (unpaired) electrons. The summed E-state index contributed by atoms with van der Waals surface area (Å²) in [5.74, 6) is -0.605. The Morgan fingerprint density at radius 2 is 1.55 bits per heavy atom. The van der Waals surface area contributed by atoms with E-state index in [4.69, 9.17) is 23.7 Å². The second kappa shape index (κ2) is 10.7. The van der Waals surface area contributed by atoms with Gasteiger partial charge in [-0.25, -0.2) is 4.79 Å². The van der Waals surface area contributed by atoms with E-state index in [1.807, 2.05) is 0 Å². The molecule has 3 rings (SSSR count). The molecular weight excluding hydrogens is 440 g/mol. The molecule has 0 bridgehead atoms. The van der Waals surface area contributed by atoms with Crippen molar-refractivity contribution in [3.63, 3.8) is 0 Å². The van der Waals surface area contributed by atoms with E-state index in [9.17, 15) is 30.3 Å². The zero-order valence-electron chi connectivity index (χ0n) is 18.0. The predicted octanol–water partition coefficient (Wildman–Crippen LogP) is -0.0549. The summed E-state index contributed by atoms with van der Waals surface area (Å²) in [6.45, 7) is -1.06. The fraction of sp³-hybridized carbons (Fsp3) is 0.409. The molecule has 0 unspecified atom stereocenters. The molecule has 0 aliphatic carbocycles. The minimum atomic E-state index is -1.65. The Morgan fingerprint density at radius 3 is 2.15 bits per heavy atom. The lowest BCUT2D eigenvalue weighted by molar-refractivity contribution is -0.277. The molecule has 0 amide bonds. The van der Waals surface area contributed by atoms with Crippen LogP contribution in [0.1, 0.15) is 15.9 Å². The zero-order valence-corrected chi connectivity index (χ0v) is 18.0. The highest BCUT2D eigenvalue weighted by Crippen LogP contribution is 2.33. The quantitative estimate of drug-likeness (QED) is 0.331. The number of methoxy groups -OCH3 is 2. The topological polar surface area (TPSA) is 164 Å². The van der Waals surface area contributed by atoms with Crippen LogP contribution in [0.25, 0.3) is 0 Å². The van der Waals surface area contributed by atoms with E-state index in [0.717, 1.165) is 0 Å². The number of esters is 1. The van der Waals surface area contributed by atoms with Crippen molar-refractivity contribution in [1.29, 1.82) is 0 Å². The van der Waals surface area contributed by atoms with E-state index in [1.54, 1.807) is 18.2 Å². The largest absolute Gasteiger partial charge is 0.507 e. The molecule has 180 valence electrons. The Balaban J connectivity index is 1.80. The van der Waals surface area contributed by atoms with Crippen LogP contribution in [-0.4, -0.2) is 83.0 Å². The summed E-state index contributed by atoms with van der Waals surface area (Å²) in [6, 6.07) is 8.98. The molecule has 5 N–H and O–H groups in total. The first kappa shape index (κ1) is 24.6. The SMILES string of the molecule is COc1cccc(OC)c1C(=O)OCc1c(O)cccc1O[C@H]1O[C@H](CO)[C@@H](O)[C@H](O)[C@H]1O. The average molecular weight is 466 g/mol. The number of rotatable bonds is 8. The number of hydrogen-bond acceptors (Lipinski definition) is 11. The number of hydrogen-bond donors (Lipinski definition) is 5. The van der Waals surface area contributed by atoms with Crippen LogP contribution in [-0.2, 0) is 16.1 Å². The van der Waals surface area contributed by atoms with Gasteiger partial charge in [-0.05, 0) is 24.3 Å². The van der Waals surface area contributed by atoms with E-state index in [0.29, 0.717) is 0 Å². The predicted molar refractivity (Wildman–Crippen MR) is 111 cm³/mol. The fourth-order valence-electron chi connectivity index (χ4n) is 3.36. The molecule has 1 aliphatic heterocycles. The van der Waals surface area contributed by atoms with Crippen molar-refractivity contribution in [3.05, 3.63) is 47.5 Å². The van der Waals surface area contributed by atoms with Gasteiger partial charge in [-0.15, -0.1) is 0 Å². The molecule has 1 heterocycles. The monoisotopic (exact) mass is 466 g/mol. The van der Waals surface area contributed by atoms with E-state index in [2.05, 4.69) is 0 Å². The number of aliphatic hydroxyl groups excluding tert-OH is 4. The van der Waals surface area contributed by atoms with Gasteiger partial charge in [-0.2, -0.15) is 0 Å². The van der Waals surface area contributed by atoms with Gasteiger partial charge in [-0.1, -0.05) is 12.1 Å². The van der Waals surface area contributed by atoms with Crippen LogP contribution in [0.3, 0.4) is 0 Å². The highest BCUT2D eigenvalue weighted by Gasteiger charge is 2.45. The van der Waals surface area contributed by atoms with Crippen LogP contribution in [0.2, 0.25) is 0 Å². The van der Waals surface area contributed by atoms with Gasteiger partial charge in [-0.3, -0.25) is 0 Å². The van der Waals surface area contributed by atoms with E-state index in [1.165, 1.54) is 32.4 Å².